The van der Waals surface area contributed by atoms with Gasteiger partial charge in [-0.25, -0.2) is 10.1 Å². The highest BCUT2D eigenvalue weighted by Gasteiger charge is 2.03. The molecule has 4 N–H and O–H groups in total. The highest BCUT2D eigenvalue weighted by atomic mass is 32.2. The van der Waals surface area contributed by atoms with Gasteiger partial charge in [-0.15, -0.1) is 11.3 Å². The van der Waals surface area contributed by atoms with Gasteiger partial charge in [0.2, 0.25) is 0 Å². The molecule has 0 fully saturated rings. The second kappa shape index (κ2) is 5.34. The van der Waals surface area contributed by atoms with Gasteiger partial charge in [0.1, 0.15) is 0 Å². The normalized spacial score (nSPS) is 11.2. The SMILES string of the molecule is NS(=O)(=O)Nc1cccc(NCc2cscn2)c1. The number of hydrogen-bond acceptors (Lipinski definition) is 5. The van der Waals surface area contributed by atoms with Crippen molar-refractivity contribution in [1.29, 1.82) is 0 Å². The van der Waals surface area contributed by atoms with E-state index in [-0.39, 0.29) is 0 Å². The van der Waals surface area contributed by atoms with Gasteiger partial charge in [0.25, 0.3) is 10.2 Å². The van der Waals surface area contributed by atoms with Crippen molar-refractivity contribution < 1.29 is 8.42 Å². The average molecular weight is 284 g/mol. The molecule has 18 heavy (non-hydrogen) atoms. The van der Waals surface area contributed by atoms with Crippen molar-refractivity contribution in [1.82, 2.24) is 4.98 Å². The molecule has 1 aromatic carbocycles. The van der Waals surface area contributed by atoms with E-state index in [1.54, 1.807) is 23.7 Å². The first kappa shape index (κ1) is 12.8. The Bertz CT molecular complexity index is 611. The molecule has 0 aliphatic heterocycles. The monoisotopic (exact) mass is 284 g/mol. The van der Waals surface area contributed by atoms with Crippen molar-refractivity contribution in [2.45, 2.75) is 6.54 Å². The number of rotatable bonds is 5. The molecule has 0 bridgehead atoms. The van der Waals surface area contributed by atoms with Crippen LogP contribution in [0.25, 0.3) is 0 Å². The lowest BCUT2D eigenvalue weighted by atomic mass is 10.3. The van der Waals surface area contributed by atoms with Gasteiger partial charge >= 0.3 is 0 Å². The smallest absolute Gasteiger partial charge is 0.296 e. The van der Waals surface area contributed by atoms with E-state index in [2.05, 4.69) is 15.0 Å². The largest absolute Gasteiger partial charge is 0.379 e. The predicted molar refractivity (Wildman–Crippen MR) is 72.6 cm³/mol. The maximum absolute atomic E-state index is 10.9. The van der Waals surface area contributed by atoms with E-state index >= 15 is 0 Å². The maximum Gasteiger partial charge on any atom is 0.296 e. The molecule has 0 aliphatic carbocycles. The summed E-state index contributed by atoms with van der Waals surface area (Å²) in [4.78, 5) is 4.14. The maximum atomic E-state index is 10.9. The summed E-state index contributed by atoms with van der Waals surface area (Å²) in [7, 11) is -3.74. The van der Waals surface area contributed by atoms with Crippen LogP contribution in [0.3, 0.4) is 0 Å². The minimum absolute atomic E-state index is 0.417. The van der Waals surface area contributed by atoms with E-state index in [1.807, 2.05) is 11.4 Å². The number of nitrogens with zero attached hydrogens (tertiary/aromatic N) is 1. The fraction of sp³-hybridized carbons (Fsp3) is 0.100. The second-order valence-corrected chi connectivity index (χ2v) is 5.57. The fourth-order valence-corrected chi connectivity index (χ4v) is 2.39. The van der Waals surface area contributed by atoms with Gasteiger partial charge in [-0.2, -0.15) is 8.42 Å². The predicted octanol–water partition coefficient (Wildman–Crippen LogP) is 1.37. The lowest BCUT2D eigenvalue weighted by molar-refractivity contribution is 0.603. The molecule has 0 spiro atoms. The molecular weight excluding hydrogens is 272 g/mol. The van der Waals surface area contributed by atoms with Crippen molar-refractivity contribution in [3.63, 3.8) is 0 Å². The molecule has 0 radical (unpaired) electrons. The van der Waals surface area contributed by atoms with Crippen LogP contribution < -0.4 is 15.2 Å². The first-order valence-corrected chi connectivity index (χ1v) is 7.53. The molecule has 1 heterocycles. The van der Waals surface area contributed by atoms with Crippen LogP contribution in [0.2, 0.25) is 0 Å². The van der Waals surface area contributed by atoms with Gasteiger partial charge in [0.15, 0.2) is 0 Å². The number of hydrogen-bond donors (Lipinski definition) is 3. The third-order valence-electron chi connectivity index (χ3n) is 2.08. The first-order chi connectivity index (χ1) is 8.53. The molecule has 96 valence electrons. The standard InChI is InChI=1S/C10H12N4O2S2/c11-18(15,16)14-9-3-1-2-8(4-9)12-5-10-6-17-7-13-10/h1-4,6-7,12,14H,5H2,(H2,11,15,16). The van der Waals surface area contributed by atoms with Crippen molar-refractivity contribution >= 4 is 32.9 Å². The van der Waals surface area contributed by atoms with Crippen molar-refractivity contribution in [2.24, 2.45) is 5.14 Å². The Morgan fingerprint density at radius 1 is 1.33 bits per heavy atom. The molecule has 1 aromatic heterocycles. The summed E-state index contributed by atoms with van der Waals surface area (Å²) in [6.45, 7) is 0.586. The lowest BCUT2D eigenvalue weighted by Gasteiger charge is -2.08. The summed E-state index contributed by atoms with van der Waals surface area (Å²) in [5, 5.41) is 9.99. The fourth-order valence-electron chi connectivity index (χ4n) is 1.37. The van der Waals surface area contributed by atoms with E-state index in [9.17, 15) is 8.42 Å². The zero-order valence-corrected chi connectivity index (χ0v) is 11.0. The molecule has 2 aromatic rings. The summed E-state index contributed by atoms with van der Waals surface area (Å²) >= 11 is 1.53. The number of anilines is 2. The Morgan fingerprint density at radius 2 is 2.11 bits per heavy atom. The van der Waals surface area contributed by atoms with Crippen LogP contribution in [0.1, 0.15) is 5.69 Å². The number of benzene rings is 1. The Morgan fingerprint density at radius 3 is 2.78 bits per heavy atom. The van der Waals surface area contributed by atoms with Crippen LogP contribution in [0.5, 0.6) is 0 Å². The Kier molecular flexibility index (Phi) is 3.80. The molecule has 0 atom stereocenters. The minimum atomic E-state index is -3.74. The Labute approximate surface area is 109 Å². The van der Waals surface area contributed by atoms with Gasteiger partial charge in [-0.3, -0.25) is 4.72 Å². The molecule has 0 amide bonds. The summed E-state index contributed by atoms with van der Waals surface area (Å²) in [6.07, 6.45) is 0. The minimum Gasteiger partial charge on any atom is -0.379 e. The van der Waals surface area contributed by atoms with E-state index in [0.29, 0.717) is 12.2 Å². The Balaban J connectivity index is 2.03. The van der Waals surface area contributed by atoms with Crippen molar-refractivity contribution in [2.75, 3.05) is 10.0 Å². The van der Waals surface area contributed by atoms with Crippen LogP contribution in [0, 0.1) is 0 Å². The third kappa shape index (κ3) is 3.99. The van der Waals surface area contributed by atoms with Gasteiger partial charge in [0, 0.05) is 11.1 Å². The van der Waals surface area contributed by atoms with Crippen molar-refractivity contribution in [3.05, 3.63) is 40.8 Å². The van der Waals surface area contributed by atoms with E-state index in [4.69, 9.17) is 5.14 Å². The molecule has 6 nitrogen and oxygen atoms in total. The van der Waals surface area contributed by atoms with Gasteiger partial charge in [0.05, 0.1) is 23.4 Å². The van der Waals surface area contributed by atoms with Crippen LogP contribution >= 0.6 is 11.3 Å². The molecule has 0 saturated carbocycles. The molecule has 0 aliphatic rings. The summed E-state index contributed by atoms with van der Waals surface area (Å²) in [6, 6.07) is 6.85. The molecule has 8 heteroatoms. The summed E-state index contributed by atoms with van der Waals surface area (Å²) < 4.78 is 24.0. The second-order valence-electron chi connectivity index (χ2n) is 3.56. The summed E-state index contributed by atoms with van der Waals surface area (Å²) in [5.74, 6) is 0. The van der Waals surface area contributed by atoms with Crippen LogP contribution in [0.4, 0.5) is 11.4 Å². The van der Waals surface area contributed by atoms with E-state index in [0.717, 1.165) is 11.4 Å². The van der Waals surface area contributed by atoms with Crippen LogP contribution in [-0.4, -0.2) is 13.4 Å². The highest BCUT2D eigenvalue weighted by molar-refractivity contribution is 7.90. The zero-order chi connectivity index (χ0) is 13.0. The van der Waals surface area contributed by atoms with Gasteiger partial charge < -0.3 is 5.32 Å². The topological polar surface area (TPSA) is 97.1 Å². The van der Waals surface area contributed by atoms with E-state index < -0.39 is 10.2 Å². The Hall–Kier alpha value is -1.64. The first-order valence-electron chi connectivity index (χ1n) is 5.04. The molecular formula is C10H12N4O2S2. The lowest BCUT2D eigenvalue weighted by Crippen LogP contribution is -2.21. The zero-order valence-electron chi connectivity index (χ0n) is 9.33. The van der Waals surface area contributed by atoms with Crippen LogP contribution in [-0.2, 0) is 16.8 Å². The van der Waals surface area contributed by atoms with Gasteiger partial charge in [-0.05, 0) is 18.2 Å². The average Bonchev–Trinajstić information content (AvgIpc) is 2.77. The third-order valence-corrected chi connectivity index (χ3v) is 3.24. The van der Waals surface area contributed by atoms with Gasteiger partial charge in [-0.1, -0.05) is 6.07 Å². The number of nitrogens with two attached hydrogens (primary N) is 1. The summed E-state index contributed by atoms with van der Waals surface area (Å²) in [5.41, 5.74) is 3.90. The highest BCUT2D eigenvalue weighted by Crippen LogP contribution is 2.16. The molecule has 2 rings (SSSR count). The number of thiazole rings is 1. The number of nitrogens with one attached hydrogen (secondary N) is 2. The van der Waals surface area contributed by atoms with Crippen LogP contribution in [0.15, 0.2) is 35.2 Å². The number of aromatic nitrogens is 1. The molecule has 0 saturated heterocycles. The molecule has 0 unspecified atom stereocenters. The van der Waals surface area contributed by atoms with E-state index in [1.165, 1.54) is 11.3 Å². The van der Waals surface area contributed by atoms with Crippen molar-refractivity contribution in [3.8, 4) is 0 Å². The quantitative estimate of drug-likeness (QED) is 0.772.